The van der Waals surface area contributed by atoms with Crippen LogP contribution in [-0.2, 0) is 9.59 Å². The highest BCUT2D eigenvalue weighted by Crippen LogP contribution is 2.24. The van der Waals surface area contributed by atoms with Crippen molar-refractivity contribution in [3.63, 3.8) is 0 Å². The van der Waals surface area contributed by atoms with Gasteiger partial charge < -0.3 is 14.7 Å². The molecule has 1 amide bonds. The molecule has 5 nitrogen and oxygen atoms in total. The number of amides is 1. The summed E-state index contributed by atoms with van der Waals surface area (Å²) in [7, 11) is 0. The highest BCUT2D eigenvalue weighted by atomic mass is 16.5. The zero-order valence-corrected chi connectivity index (χ0v) is 11.2. The second-order valence-corrected chi connectivity index (χ2v) is 4.09. The molecule has 0 fully saturated rings. The number of carboxylic acids is 1. The van der Waals surface area contributed by atoms with E-state index in [1.807, 2.05) is 13.8 Å². The molecule has 1 N–H and O–H groups in total. The maximum Gasteiger partial charge on any atom is 0.331 e. The fourth-order valence-corrected chi connectivity index (χ4v) is 1.92. The third-order valence-electron chi connectivity index (χ3n) is 2.67. The molecule has 0 heterocycles. The Bertz CT molecular complexity index is 433. The molecule has 0 saturated carbocycles. The van der Waals surface area contributed by atoms with Crippen molar-refractivity contribution in [1.29, 1.82) is 0 Å². The highest BCUT2D eigenvalue weighted by molar-refractivity contribution is 5.78. The number of carboxylic acid groups (broad SMARTS) is 1. The Hall–Kier alpha value is -2.04. The molecule has 19 heavy (non-hydrogen) atoms. The Labute approximate surface area is 112 Å². The van der Waals surface area contributed by atoms with Gasteiger partial charge in [0, 0.05) is 6.54 Å². The number of hydrogen-bond acceptors (Lipinski definition) is 3. The molecule has 0 aliphatic rings. The second-order valence-electron chi connectivity index (χ2n) is 4.09. The first-order chi connectivity index (χ1) is 9.13. The van der Waals surface area contributed by atoms with Crippen LogP contribution in [-0.4, -0.2) is 35.5 Å². The molecule has 1 rings (SSSR count). The van der Waals surface area contributed by atoms with E-state index in [0.29, 0.717) is 37.3 Å². The van der Waals surface area contributed by atoms with Gasteiger partial charge in [-0.15, -0.1) is 0 Å². The number of ether oxygens (including phenoxy) is 1. The van der Waals surface area contributed by atoms with Crippen molar-refractivity contribution in [3.8, 4) is 5.75 Å². The molecule has 0 radical (unpaired) electrons. The van der Waals surface area contributed by atoms with Crippen molar-refractivity contribution in [3.05, 3.63) is 29.8 Å². The Morgan fingerprint density at radius 1 is 1.47 bits per heavy atom. The standard InChI is InChI=1S/C14H19NO4/c1-3-8-15(10-16)13(14(17)18)11-6-5-7-12(9-11)19-4-2/h5-7,9-10,13H,3-4,8H2,1-2H3,(H,17,18). The molecule has 0 aliphatic heterocycles. The lowest BCUT2D eigenvalue weighted by atomic mass is 10.1. The van der Waals surface area contributed by atoms with E-state index in [1.165, 1.54) is 4.90 Å². The predicted molar refractivity (Wildman–Crippen MR) is 71.0 cm³/mol. The van der Waals surface area contributed by atoms with Crippen molar-refractivity contribution in [2.24, 2.45) is 0 Å². The molecule has 0 aromatic heterocycles. The summed E-state index contributed by atoms with van der Waals surface area (Å²) in [5.74, 6) is -0.442. The molecular formula is C14H19NO4. The molecule has 104 valence electrons. The number of rotatable bonds is 8. The average Bonchev–Trinajstić information content (AvgIpc) is 2.38. The number of carbonyl (C=O) groups is 2. The van der Waals surface area contributed by atoms with Crippen LogP contribution in [0.4, 0.5) is 0 Å². The van der Waals surface area contributed by atoms with E-state index in [1.54, 1.807) is 24.3 Å². The Morgan fingerprint density at radius 2 is 2.21 bits per heavy atom. The maximum atomic E-state index is 11.4. The summed E-state index contributed by atoms with van der Waals surface area (Å²) in [5, 5.41) is 9.33. The molecule has 1 aromatic carbocycles. The molecule has 0 saturated heterocycles. The fourth-order valence-electron chi connectivity index (χ4n) is 1.92. The summed E-state index contributed by atoms with van der Waals surface area (Å²) in [6.45, 7) is 4.66. The van der Waals surface area contributed by atoms with Gasteiger partial charge in [-0.05, 0) is 31.0 Å². The monoisotopic (exact) mass is 265 g/mol. The third kappa shape index (κ3) is 3.98. The first-order valence-electron chi connectivity index (χ1n) is 6.30. The van der Waals surface area contributed by atoms with Crippen molar-refractivity contribution < 1.29 is 19.4 Å². The lowest BCUT2D eigenvalue weighted by Gasteiger charge is -2.25. The van der Waals surface area contributed by atoms with Gasteiger partial charge >= 0.3 is 5.97 Å². The van der Waals surface area contributed by atoms with Crippen LogP contribution in [0.3, 0.4) is 0 Å². The largest absolute Gasteiger partial charge is 0.494 e. The maximum absolute atomic E-state index is 11.4. The van der Waals surface area contributed by atoms with Gasteiger partial charge in [0.2, 0.25) is 6.41 Å². The van der Waals surface area contributed by atoms with Crippen LogP contribution in [0, 0.1) is 0 Å². The summed E-state index contributed by atoms with van der Waals surface area (Å²) >= 11 is 0. The lowest BCUT2D eigenvalue weighted by molar-refractivity contribution is -0.146. The smallest absolute Gasteiger partial charge is 0.331 e. The fraction of sp³-hybridized carbons (Fsp3) is 0.429. The van der Waals surface area contributed by atoms with Crippen LogP contribution in [0.25, 0.3) is 0 Å². The van der Waals surface area contributed by atoms with E-state index in [2.05, 4.69) is 0 Å². The number of aliphatic carboxylic acids is 1. The van der Waals surface area contributed by atoms with Gasteiger partial charge in [0.15, 0.2) is 6.04 Å². The Kier molecular flexibility index (Phi) is 5.85. The highest BCUT2D eigenvalue weighted by Gasteiger charge is 2.26. The quantitative estimate of drug-likeness (QED) is 0.731. The summed E-state index contributed by atoms with van der Waals surface area (Å²) in [6.07, 6.45) is 1.28. The minimum absolute atomic E-state index is 0.402. The topological polar surface area (TPSA) is 66.8 Å². The zero-order chi connectivity index (χ0) is 14.3. The SMILES string of the molecule is CCCN(C=O)C(C(=O)O)c1cccc(OCC)c1. The Balaban J connectivity index is 3.07. The molecule has 1 aromatic rings. The molecule has 5 heteroatoms. The van der Waals surface area contributed by atoms with Crippen LogP contribution in [0.15, 0.2) is 24.3 Å². The van der Waals surface area contributed by atoms with Crippen molar-refractivity contribution in [2.45, 2.75) is 26.3 Å². The van der Waals surface area contributed by atoms with Gasteiger partial charge in [0.1, 0.15) is 5.75 Å². The van der Waals surface area contributed by atoms with E-state index in [0.717, 1.165) is 0 Å². The van der Waals surface area contributed by atoms with Gasteiger partial charge in [-0.1, -0.05) is 19.1 Å². The summed E-state index contributed by atoms with van der Waals surface area (Å²) in [6, 6.07) is 5.86. The number of hydrogen-bond donors (Lipinski definition) is 1. The second kappa shape index (κ2) is 7.41. The summed E-state index contributed by atoms with van der Waals surface area (Å²) in [5.41, 5.74) is 0.541. The summed E-state index contributed by atoms with van der Waals surface area (Å²) in [4.78, 5) is 23.7. The van der Waals surface area contributed by atoms with Crippen LogP contribution in [0.2, 0.25) is 0 Å². The van der Waals surface area contributed by atoms with E-state index in [4.69, 9.17) is 4.74 Å². The number of benzene rings is 1. The Morgan fingerprint density at radius 3 is 2.74 bits per heavy atom. The van der Waals surface area contributed by atoms with E-state index >= 15 is 0 Å². The van der Waals surface area contributed by atoms with Crippen LogP contribution in [0.1, 0.15) is 31.9 Å². The van der Waals surface area contributed by atoms with Gasteiger partial charge in [-0.25, -0.2) is 4.79 Å². The molecule has 1 atom stereocenters. The lowest BCUT2D eigenvalue weighted by Crippen LogP contribution is -2.33. The third-order valence-corrected chi connectivity index (χ3v) is 2.67. The van der Waals surface area contributed by atoms with Crippen molar-refractivity contribution in [1.82, 2.24) is 4.90 Å². The van der Waals surface area contributed by atoms with E-state index in [9.17, 15) is 14.7 Å². The van der Waals surface area contributed by atoms with Crippen LogP contribution < -0.4 is 4.74 Å². The van der Waals surface area contributed by atoms with Crippen molar-refractivity contribution >= 4 is 12.4 Å². The van der Waals surface area contributed by atoms with Crippen LogP contribution >= 0.6 is 0 Å². The molecular weight excluding hydrogens is 246 g/mol. The van der Waals surface area contributed by atoms with Gasteiger partial charge in [-0.2, -0.15) is 0 Å². The van der Waals surface area contributed by atoms with Gasteiger partial charge in [0.25, 0.3) is 0 Å². The summed E-state index contributed by atoms with van der Waals surface area (Å²) < 4.78 is 5.35. The minimum atomic E-state index is -1.05. The normalized spacial score (nSPS) is 11.7. The van der Waals surface area contributed by atoms with Gasteiger partial charge in [0.05, 0.1) is 6.61 Å². The zero-order valence-electron chi connectivity index (χ0n) is 11.2. The average molecular weight is 265 g/mol. The molecule has 1 unspecified atom stereocenters. The van der Waals surface area contributed by atoms with E-state index in [-0.39, 0.29) is 0 Å². The first kappa shape index (κ1) is 15.0. The number of nitrogens with zero attached hydrogens (tertiary/aromatic N) is 1. The van der Waals surface area contributed by atoms with E-state index < -0.39 is 12.0 Å². The van der Waals surface area contributed by atoms with Crippen molar-refractivity contribution in [2.75, 3.05) is 13.2 Å². The van der Waals surface area contributed by atoms with Crippen LogP contribution in [0.5, 0.6) is 5.75 Å². The predicted octanol–water partition coefficient (Wildman–Crippen LogP) is 2.08. The number of carbonyl (C=O) groups excluding carboxylic acids is 1. The van der Waals surface area contributed by atoms with Gasteiger partial charge in [-0.3, -0.25) is 4.79 Å². The molecule has 0 spiro atoms. The minimum Gasteiger partial charge on any atom is -0.494 e. The first-order valence-corrected chi connectivity index (χ1v) is 6.30. The molecule has 0 bridgehead atoms. The molecule has 0 aliphatic carbocycles.